The van der Waals surface area contributed by atoms with Gasteiger partial charge in [0.2, 0.25) is 12.2 Å². The minimum atomic E-state index is -0.821. The monoisotopic (exact) mass is 502 g/mol. The SMILES string of the molecule is Cc1ccc(-c2cc(Cl)c3c(c2)C(=O)C(CNC(=O)OC(C)(C)C)O3)cc1.O=CN1CCOCC1. The fourth-order valence-electron chi connectivity index (χ4n) is 3.49. The Morgan fingerprint density at radius 3 is 2.40 bits per heavy atom. The summed E-state index contributed by atoms with van der Waals surface area (Å²) in [6.45, 7) is 10.2. The second-order valence-electron chi connectivity index (χ2n) is 9.31. The highest BCUT2D eigenvalue weighted by atomic mass is 35.5. The number of amides is 2. The summed E-state index contributed by atoms with van der Waals surface area (Å²) in [7, 11) is 0. The number of rotatable bonds is 4. The van der Waals surface area contributed by atoms with Crippen molar-refractivity contribution < 1.29 is 28.6 Å². The summed E-state index contributed by atoms with van der Waals surface area (Å²) < 4.78 is 15.9. The molecule has 2 aromatic rings. The molecule has 35 heavy (non-hydrogen) atoms. The Hall–Kier alpha value is -3.10. The third-order valence-corrected chi connectivity index (χ3v) is 5.55. The van der Waals surface area contributed by atoms with Crippen molar-refractivity contribution in [3.8, 4) is 16.9 Å². The predicted molar refractivity (Wildman–Crippen MR) is 133 cm³/mol. The van der Waals surface area contributed by atoms with Gasteiger partial charge in [-0.2, -0.15) is 0 Å². The van der Waals surface area contributed by atoms with Crippen LogP contribution in [0.2, 0.25) is 5.02 Å². The van der Waals surface area contributed by atoms with Crippen LogP contribution in [0.15, 0.2) is 36.4 Å². The quantitative estimate of drug-likeness (QED) is 0.628. The average Bonchev–Trinajstić information content (AvgIpc) is 3.14. The fourth-order valence-corrected chi connectivity index (χ4v) is 3.75. The third kappa shape index (κ3) is 7.44. The molecule has 1 atom stereocenters. The van der Waals surface area contributed by atoms with E-state index < -0.39 is 17.8 Å². The van der Waals surface area contributed by atoms with Crippen LogP contribution in [0, 0.1) is 6.92 Å². The molecule has 188 valence electrons. The van der Waals surface area contributed by atoms with Crippen LogP contribution >= 0.6 is 11.6 Å². The Morgan fingerprint density at radius 2 is 1.83 bits per heavy atom. The molecule has 0 saturated carbocycles. The second kappa shape index (κ2) is 11.6. The summed E-state index contributed by atoms with van der Waals surface area (Å²) in [5, 5.41) is 2.94. The number of benzene rings is 2. The zero-order chi connectivity index (χ0) is 25.6. The van der Waals surface area contributed by atoms with E-state index in [2.05, 4.69) is 5.32 Å². The highest BCUT2D eigenvalue weighted by Gasteiger charge is 2.35. The van der Waals surface area contributed by atoms with E-state index in [0.717, 1.165) is 36.2 Å². The van der Waals surface area contributed by atoms with Gasteiger partial charge in [0.15, 0.2) is 6.10 Å². The van der Waals surface area contributed by atoms with E-state index in [9.17, 15) is 14.4 Å². The van der Waals surface area contributed by atoms with Crippen LogP contribution in [-0.2, 0) is 14.3 Å². The molecule has 2 aromatic carbocycles. The van der Waals surface area contributed by atoms with Crippen molar-refractivity contribution in [2.75, 3.05) is 32.8 Å². The first kappa shape index (κ1) is 26.5. The van der Waals surface area contributed by atoms with E-state index in [4.69, 9.17) is 25.8 Å². The van der Waals surface area contributed by atoms with Crippen LogP contribution in [0.4, 0.5) is 4.79 Å². The average molecular weight is 503 g/mol. The normalized spacial score (nSPS) is 17.0. The molecule has 2 aliphatic rings. The molecule has 0 spiro atoms. The molecule has 1 unspecified atom stereocenters. The molecule has 0 radical (unpaired) electrons. The molecule has 0 aromatic heterocycles. The topological polar surface area (TPSA) is 94.2 Å². The van der Waals surface area contributed by atoms with Gasteiger partial charge >= 0.3 is 6.09 Å². The molecule has 2 amide bonds. The summed E-state index contributed by atoms with van der Waals surface area (Å²) in [4.78, 5) is 36.3. The number of hydrogen-bond donors (Lipinski definition) is 1. The standard InChI is InChI=1S/C21H22ClNO4.C5H9NO2/c1-12-5-7-13(8-6-12)14-9-15-18(24)17(26-19(15)16(22)10-14)11-23-20(25)27-21(2,3)4;7-5-6-1-3-8-4-2-6/h5-10,17H,11H2,1-4H3,(H,23,25);5H,1-4H2. The van der Waals surface area contributed by atoms with Crippen molar-refractivity contribution in [2.45, 2.75) is 39.4 Å². The summed E-state index contributed by atoms with van der Waals surface area (Å²) in [5.41, 5.74) is 2.78. The van der Waals surface area contributed by atoms with Crippen LogP contribution in [0.25, 0.3) is 11.1 Å². The van der Waals surface area contributed by atoms with Gasteiger partial charge in [-0.25, -0.2) is 4.79 Å². The number of hydrogen-bond acceptors (Lipinski definition) is 6. The zero-order valence-electron chi connectivity index (χ0n) is 20.4. The molecule has 1 saturated heterocycles. The molecule has 0 bridgehead atoms. The number of carbonyl (C=O) groups is 3. The number of halogens is 1. The van der Waals surface area contributed by atoms with Gasteiger partial charge in [0, 0.05) is 13.1 Å². The Labute approximate surface area is 210 Å². The summed E-state index contributed by atoms with van der Waals surface area (Å²) in [6, 6.07) is 11.5. The van der Waals surface area contributed by atoms with Crippen LogP contribution in [0.1, 0.15) is 36.7 Å². The number of nitrogens with zero attached hydrogens (tertiary/aromatic N) is 1. The van der Waals surface area contributed by atoms with Gasteiger partial charge in [-0.1, -0.05) is 41.4 Å². The first-order chi connectivity index (χ1) is 16.6. The number of nitrogens with one attached hydrogen (secondary N) is 1. The van der Waals surface area contributed by atoms with E-state index in [-0.39, 0.29) is 12.3 Å². The Morgan fingerprint density at radius 1 is 1.17 bits per heavy atom. The maximum atomic E-state index is 12.7. The molecule has 4 rings (SSSR count). The summed E-state index contributed by atoms with van der Waals surface area (Å²) in [5.74, 6) is 0.144. The lowest BCUT2D eigenvalue weighted by molar-refractivity contribution is -0.121. The van der Waals surface area contributed by atoms with E-state index in [1.807, 2.05) is 31.2 Å². The van der Waals surface area contributed by atoms with Gasteiger partial charge < -0.3 is 24.4 Å². The first-order valence-corrected chi connectivity index (χ1v) is 11.8. The highest BCUT2D eigenvalue weighted by Crippen LogP contribution is 2.39. The lowest BCUT2D eigenvalue weighted by Crippen LogP contribution is -2.40. The van der Waals surface area contributed by atoms with E-state index in [1.165, 1.54) is 0 Å². The number of alkyl carbamates (subject to hydrolysis) is 1. The minimum absolute atomic E-state index is 0.0125. The first-order valence-electron chi connectivity index (χ1n) is 11.4. The molecule has 8 nitrogen and oxygen atoms in total. The van der Waals surface area contributed by atoms with Crippen molar-refractivity contribution in [3.63, 3.8) is 0 Å². The number of aryl methyl sites for hydroxylation is 1. The molecule has 0 aliphatic carbocycles. The minimum Gasteiger partial charge on any atom is -0.478 e. The van der Waals surface area contributed by atoms with E-state index in [0.29, 0.717) is 29.5 Å². The lowest BCUT2D eigenvalue weighted by Gasteiger charge is -2.21. The van der Waals surface area contributed by atoms with Crippen molar-refractivity contribution in [1.29, 1.82) is 0 Å². The fraction of sp³-hybridized carbons (Fsp3) is 0.423. The van der Waals surface area contributed by atoms with Crippen molar-refractivity contribution in [2.24, 2.45) is 0 Å². The second-order valence-corrected chi connectivity index (χ2v) is 9.72. The number of ether oxygens (including phenoxy) is 3. The van der Waals surface area contributed by atoms with Gasteiger partial charge in [0.25, 0.3) is 0 Å². The van der Waals surface area contributed by atoms with Crippen molar-refractivity contribution >= 4 is 29.9 Å². The van der Waals surface area contributed by atoms with Crippen LogP contribution in [0.5, 0.6) is 5.75 Å². The molecular formula is C26H31ClN2O6. The predicted octanol–water partition coefficient (Wildman–Crippen LogP) is 4.26. The number of morpholine rings is 1. The highest BCUT2D eigenvalue weighted by molar-refractivity contribution is 6.33. The van der Waals surface area contributed by atoms with Gasteiger partial charge in [-0.15, -0.1) is 0 Å². The maximum Gasteiger partial charge on any atom is 0.407 e. The van der Waals surface area contributed by atoms with Crippen molar-refractivity contribution in [1.82, 2.24) is 10.2 Å². The maximum absolute atomic E-state index is 12.7. The molecule has 2 aliphatic heterocycles. The zero-order valence-corrected chi connectivity index (χ0v) is 21.2. The number of Topliss-reactive ketones (excluding diaryl/α,β-unsaturated/α-hetero) is 1. The number of ketones is 1. The van der Waals surface area contributed by atoms with Gasteiger partial charge in [0.05, 0.1) is 30.3 Å². The molecular weight excluding hydrogens is 472 g/mol. The van der Waals surface area contributed by atoms with Crippen LogP contribution < -0.4 is 10.1 Å². The van der Waals surface area contributed by atoms with Crippen LogP contribution in [-0.4, -0.2) is 67.7 Å². The summed E-state index contributed by atoms with van der Waals surface area (Å²) in [6.07, 6.45) is -0.553. The largest absolute Gasteiger partial charge is 0.478 e. The Bertz CT molecular complexity index is 1060. The van der Waals surface area contributed by atoms with Crippen LogP contribution in [0.3, 0.4) is 0 Å². The lowest BCUT2D eigenvalue weighted by atomic mass is 9.99. The smallest absolute Gasteiger partial charge is 0.407 e. The molecule has 1 N–H and O–H groups in total. The van der Waals surface area contributed by atoms with E-state index >= 15 is 0 Å². The van der Waals surface area contributed by atoms with Gasteiger partial charge in [-0.3, -0.25) is 9.59 Å². The Balaban J connectivity index is 0.000000363. The van der Waals surface area contributed by atoms with Gasteiger partial charge in [0.1, 0.15) is 11.4 Å². The summed E-state index contributed by atoms with van der Waals surface area (Å²) >= 11 is 6.35. The number of carbonyl (C=O) groups excluding carboxylic acids is 3. The molecule has 9 heteroatoms. The number of fused-ring (bicyclic) bond motifs is 1. The van der Waals surface area contributed by atoms with Gasteiger partial charge in [-0.05, 0) is 51.0 Å². The van der Waals surface area contributed by atoms with Crippen molar-refractivity contribution in [3.05, 3.63) is 52.5 Å². The van der Waals surface area contributed by atoms with E-state index in [1.54, 1.807) is 37.8 Å². The third-order valence-electron chi connectivity index (χ3n) is 5.27. The molecule has 1 fully saturated rings. The molecule has 2 heterocycles. The Kier molecular flexibility index (Phi) is 8.75.